The summed E-state index contributed by atoms with van der Waals surface area (Å²) in [5.41, 5.74) is 3.34. The van der Waals surface area contributed by atoms with Crippen LogP contribution < -0.4 is 14.2 Å². The zero-order valence-electron chi connectivity index (χ0n) is 15.3. The molecule has 0 spiro atoms. The molecular weight excluding hydrogens is 364 g/mol. The van der Waals surface area contributed by atoms with Gasteiger partial charge in [-0.2, -0.15) is 13.7 Å². The quantitative estimate of drug-likeness (QED) is 0.683. The minimum absolute atomic E-state index is 0.413. The summed E-state index contributed by atoms with van der Waals surface area (Å²) in [6.07, 6.45) is 0. The molecule has 0 unspecified atom stereocenters. The summed E-state index contributed by atoms with van der Waals surface area (Å²) in [6.45, 7) is 2.64. The number of aromatic nitrogens is 1. The molecule has 0 aliphatic carbocycles. The molecule has 7 nitrogen and oxygen atoms in total. The van der Waals surface area contributed by atoms with Crippen molar-refractivity contribution >= 4 is 26.8 Å². The van der Waals surface area contributed by atoms with Crippen molar-refractivity contribution in [1.29, 1.82) is 5.26 Å². The van der Waals surface area contributed by atoms with Crippen molar-refractivity contribution in [2.45, 2.75) is 13.5 Å². The van der Waals surface area contributed by atoms with Crippen LogP contribution >= 0.6 is 0 Å². The molecule has 140 valence electrons. The third-order valence-electron chi connectivity index (χ3n) is 4.36. The molecule has 2 aromatic carbocycles. The molecule has 3 aromatic rings. The van der Waals surface area contributed by atoms with E-state index in [0.29, 0.717) is 23.5 Å². The zero-order valence-corrected chi connectivity index (χ0v) is 16.1. The molecule has 8 heteroatoms. The van der Waals surface area contributed by atoms with Crippen molar-refractivity contribution in [3.8, 4) is 23.1 Å². The van der Waals surface area contributed by atoms with Gasteiger partial charge in [-0.15, -0.1) is 0 Å². The number of aryl methyl sites for hydroxylation is 1. The Morgan fingerprint density at radius 3 is 2.63 bits per heavy atom. The molecule has 0 bridgehead atoms. The van der Waals surface area contributed by atoms with Gasteiger partial charge in [-0.25, -0.2) is 4.72 Å². The van der Waals surface area contributed by atoms with Crippen molar-refractivity contribution in [1.82, 2.24) is 9.29 Å². The van der Waals surface area contributed by atoms with Gasteiger partial charge in [0.15, 0.2) is 0 Å². The summed E-state index contributed by atoms with van der Waals surface area (Å²) in [7, 11) is -0.688. The van der Waals surface area contributed by atoms with Crippen molar-refractivity contribution < 1.29 is 13.2 Å². The molecule has 3 rings (SSSR count). The van der Waals surface area contributed by atoms with Crippen LogP contribution in [-0.4, -0.2) is 27.1 Å². The molecule has 0 saturated carbocycles. The van der Waals surface area contributed by atoms with E-state index in [-0.39, 0.29) is 0 Å². The molecule has 0 aliphatic heterocycles. The van der Waals surface area contributed by atoms with Crippen LogP contribution in [0.2, 0.25) is 0 Å². The van der Waals surface area contributed by atoms with Crippen LogP contribution in [0.1, 0.15) is 12.5 Å². The Balaban J connectivity index is 2.24. The van der Waals surface area contributed by atoms with Crippen molar-refractivity contribution in [2.75, 3.05) is 18.9 Å². The first-order valence-corrected chi connectivity index (χ1v) is 9.84. The number of nitrogens with one attached hydrogen (secondary N) is 2. The van der Waals surface area contributed by atoms with Gasteiger partial charge < -0.3 is 9.30 Å². The summed E-state index contributed by atoms with van der Waals surface area (Å²) in [6, 6.07) is 14.9. The van der Waals surface area contributed by atoms with Crippen molar-refractivity contribution in [2.24, 2.45) is 0 Å². The van der Waals surface area contributed by atoms with E-state index in [2.05, 4.69) is 15.5 Å². The minimum atomic E-state index is -3.62. The maximum atomic E-state index is 11.8. The fourth-order valence-electron chi connectivity index (χ4n) is 3.13. The van der Waals surface area contributed by atoms with Gasteiger partial charge in [-0.3, -0.25) is 4.72 Å². The number of hydrogen-bond donors (Lipinski definition) is 2. The third kappa shape index (κ3) is 3.47. The number of anilines is 1. The second kappa shape index (κ2) is 7.31. The topological polar surface area (TPSA) is 96.2 Å². The molecular formula is C19H20N4O3S. The minimum Gasteiger partial charge on any atom is -0.497 e. The summed E-state index contributed by atoms with van der Waals surface area (Å²) in [5, 5.41) is 10.6. The number of ether oxygens (including phenoxy) is 1. The Morgan fingerprint density at radius 2 is 2.00 bits per heavy atom. The lowest BCUT2D eigenvalue weighted by Crippen LogP contribution is -2.26. The summed E-state index contributed by atoms with van der Waals surface area (Å²) in [5.74, 6) is 0.710. The largest absolute Gasteiger partial charge is 0.497 e. The Morgan fingerprint density at radius 1 is 1.22 bits per heavy atom. The smallest absolute Gasteiger partial charge is 0.298 e. The highest BCUT2D eigenvalue weighted by atomic mass is 32.2. The maximum Gasteiger partial charge on any atom is 0.298 e. The molecule has 0 radical (unpaired) electrons. The predicted octanol–water partition coefficient (Wildman–Crippen LogP) is 3.08. The molecule has 1 aromatic heterocycles. The monoisotopic (exact) mass is 384 g/mol. The van der Waals surface area contributed by atoms with E-state index in [1.54, 1.807) is 25.3 Å². The molecule has 27 heavy (non-hydrogen) atoms. The number of nitriles is 1. The van der Waals surface area contributed by atoms with Crippen LogP contribution in [-0.2, 0) is 16.8 Å². The molecule has 0 amide bonds. The van der Waals surface area contributed by atoms with E-state index in [0.717, 1.165) is 22.2 Å². The number of rotatable bonds is 6. The fraction of sp³-hybridized carbons (Fsp3) is 0.211. The average Bonchev–Trinajstić information content (AvgIpc) is 3.00. The average molecular weight is 384 g/mol. The predicted molar refractivity (Wildman–Crippen MR) is 106 cm³/mol. The second-order valence-corrected chi connectivity index (χ2v) is 7.47. The number of nitrogens with zero attached hydrogens (tertiary/aromatic N) is 2. The van der Waals surface area contributed by atoms with E-state index in [9.17, 15) is 13.7 Å². The summed E-state index contributed by atoms with van der Waals surface area (Å²) < 4.78 is 35.6. The highest BCUT2D eigenvalue weighted by Crippen LogP contribution is 2.36. The van der Waals surface area contributed by atoms with Gasteiger partial charge in [-0.1, -0.05) is 12.1 Å². The van der Waals surface area contributed by atoms with Crippen molar-refractivity contribution in [3.05, 3.63) is 48.0 Å². The third-order valence-corrected chi connectivity index (χ3v) is 5.40. The zero-order chi connectivity index (χ0) is 19.6. The first kappa shape index (κ1) is 18.8. The lowest BCUT2D eigenvalue weighted by Gasteiger charge is -2.11. The Labute approximate surface area is 158 Å². The number of fused-ring (bicyclic) bond motifs is 1. The van der Waals surface area contributed by atoms with Gasteiger partial charge in [0.2, 0.25) is 0 Å². The molecule has 0 fully saturated rings. The summed E-state index contributed by atoms with van der Waals surface area (Å²) in [4.78, 5) is 0. The molecule has 1 heterocycles. The van der Waals surface area contributed by atoms with Crippen LogP contribution in [0.3, 0.4) is 0 Å². The highest BCUT2D eigenvalue weighted by molar-refractivity contribution is 7.90. The summed E-state index contributed by atoms with van der Waals surface area (Å²) >= 11 is 0. The van der Waals surface area contributed by atoms with Crippen LogP contribution in [0.4, 0.5) is 5.69 Å². The van der Waals surface area contributed by atoms with Gasteiger partial charge >= 0.3 is 0 Å². The molecule has 2 N–H and O–H groups in total. The van der Waals surface area contributed by atoms with Gasteiger partial charge in [0.1, 0.15) is 11.8 Å². The Bertz CT molecular complexity index is 1140. The van der Waals surface area contributed by atoms with Gasteiger partial charge in [0, 0.05) is 30.6 Å². The first-order chi connectivity index (χ1) is 12.9. The maximum absolute atomic E-state index is 11.8. The van der Waals surface area contributed by atoms with E-state index < -0.39 is 10.2 Å². The number of hydrogen-bond acceptors (Lipinski definition) is 4. The molecule has 0 aliphatic rings. The lowest BCUT2D eigenvalue weighted by molar-refractivity contribution is 0.415. The Kier molecular flexibility index (Phi) is 5.08. The van der Waals surface area contributed by atoms with Gasteiger partial charge in [-0.05, 0) is 31.2 Å². The standard InChI is InChI=1S/C19H20N4O3S/c1-4-23-18-11-15(26-3)8-9-16(18)17(12-20)19(23)13-6-5-7-14(10-13)22-27(24,25)21-2/h5-11,21-22H,4H2,1-3H3. The van der Waals surface area contributed by atoms with E-state index >= 15 is 0 Å². The van der Waals surface area contributed by atoms with Crippen molar-refractivity contribution in [3.63, 3.8) is 0 Å². The van der Waals surface area contributed by atoms with Crippen LogP contribution in [0, 0.1) is 11.3 Å². The Hall–Kier alpha value is -3.02. The molecule has 0 saturated heterocycles. The fourth-order valence-corrected chi connectivity index (χ4v) is 3.67. The van der Waals surface area contributed by atoms with Crippen LogP contribution in [0.5, 0.6) is 5.75 Å². The van der Waals surface area contributed by atoms with E-state index in [1.807, 2.05) is 35.8 Å². The van der Waals surface area contributed by atoms with Gasteiger partial charge in [0.05, 0.1) is 29.6 Å². The SMILES string of the molecule is CCn1c(-c2cccc(NS(=O)(=O)NC)c2)c(C#N)c2ccc(OC)cc21. The van der Waals surface area contributed by atoms with Crippen LogP contribution in [0.25, 0.3) is 22.2 Å². The van der Waals surface area contributed by atoms with E-state index in [4.69, 9.17) is 4.74 Å². The van der Waals surface area contributed by atoms with Crippen LogP contribution in [0.15, 0.2) is 42.5 Å². The lowest BCUT2D eigenvalue weighted by atomic mass is 10.1. The second-order valence-electron chi connectivity index (χ2n) is 5.85. The van der Waals surface area contributed by atoms with Gasteiger partial charge in [0.25, 0.3) is 10.2 Å². The molecule has 0 atom stereocenters. The van der Waals surface area contributed by atoms with E-state index in [1.165, 1.54) is 7.05 Å². The highest BCUT2D eigenvalue weighted by Gasteiger charge is 2.19. The normalized spacial score (nSPS) is 11.3. The first-order valence-electron chi connectivity index (χ1n) is 8.36. The number of benzene rings is 2. The number of methoxy groups -OCH3 is 1.